The van der Waals surface area contributed by atoms with Crippen LogP contribution < -0.4 is 4.74 Å². The molecule has 0 aliphatic carbocycles. The Morgan fingerprint density at radius 3 is 2.77 bits per heavy atom. The van der Waals surface area contributed by atoms with Gasteiger partial charge in [-0.05, 0) is 18.2 Å². The van der Waals surface area contributed by atoms with E-state index < -0.39 is 17.2 Å². The lowest BCUT2D eigenvalue weighted by Gasteiger charge is -2.35. The van der Waals surface area contributed by atoms with E-state index in [-0.39, 0.29) is 5.78 Å². The maximum absolute atomic E-state index is 13.1. The van der Waals surface area contributed by atoms with Crippen molar-refractivity contribution in [2.75, 3.05) is 0 Å². The Labute approximate surface area is 136 Å². The highest BCUT2D eigenvalue weighted by Crippen LogP contribution is 2.49. The van der Waals surface area contributed by atoms with E-state index >= 15 is 0 Å². The molecule has 7 heteroatoms. The molecule has 0 fully saturated rings. The Morgan fingerprint density at radius 2 is 2.18 bits per heavy atom. The first-order valence-corrected chi connectivity index (χ1v) is 7.62. The van der Waals surface area contributed by atoms with Crippen molar-refractivity contribution < 1.29 is 14.6 Å². The third-order valence-corrected chi connectivity index (χ3v) is 4.16. The van der Waals surface area contributed by atoms with Crippen LogP contribution in [-0.2, 0) is 10.5 Å². The van der Waals surface area contributed by atoms with Gasteiger partial charge in [0.1, 0.15) is 18.4 Å². The first-order valence-electron chi connectivity index (χ1n) is 6.83. The highest BCUT2D eigenvalue weighted by atomic mass is 79.9. The summed E-state index contributed by atoms with van der Waals surface area (Å²) in [7, 11) is 0. The Hall–Kier alpha value is -1.73. The van der Waals surface area contributed by atoms with Crippen LogP contribution in [0.5, 0.6) is 5.75 Å². The van der Waals surface area contributed by atoms with Crippen molar-refractivity contribution in [2.45, 2.75) is 32.6 Å². The molecule has 0 radical (unpaired) electrons. The summed E-state index contributed by atoms with van der Waals surface area (Å²) >= 11 is 3.37. The lowest BCUT2D eigenvalue weighted by atomic mass is 9.81. The first-order chi connectivity index (χ1) is 10.3. The number of rotatable bonds is 2. The van der Waals surface area contributed by atoms with Crippen LogP contribution in [0.4, 0.5) is 0 Å². The number of Topliss-reactive ketones (excluding diaryl/α,β-unsaturated/α-hetero) is 1. The van der Waals surface area contributed by atoms with E-state index in [0.717, 1.165) is 4.47 Å². The van der Waals surface area contributed by atoms with E-state index in [2.05, 4.69) is 26.0 Å². The van der Waals surface area contributed by atoms with Gasteiger partial charge in [0.25, 0.3) is 5.72 Å². The number of carbonyl (C=O) groups is 1. The van der Waals surface area contributed by atoms with Crippen molar-refractivity contribution in [1.82, 2.24) is 14.8 Å². The van der Waals surface area contributed by atoms with Gasteiger partial charge in [0, 0.05) is 15.5 Å². The summed E-state index contributed by atoms with van der Waals surface area (Å²) < 4.78 is 8.02. The lowest BCUT2D eigenvalue weighted by Crippen LogP contribution is -2.53. The maximum atomic E-state index is 13.1. The monoisotopic (exact) mass is 365 g/mol. The van der Waals surface area contributed by atoms with Gasteiger partial charge in [0.15, 0.2) is 6.10 Å². The summed E-state index contributed by atoms with van der Waals surface area (Å²) in [5, 5.41) is 14.9. The highest BCUT2D eigenvalue weighted by molar-refractivity contribution is 9.10. The fourth-order valence-electron chi connectivity index (χ4n) is 2.62. The molecule has 0 bridgehead atoms. The van der Waals surface area contributed by atoms with Gasteiger partial charge in [-0.1, -0.05) is 36.7 Å². The molecule has 1 aliphatic heterocycles. The molecular weight excluding hydrogens is 350 g/mol. The Morgan fingerprint density at radius 1 is 1.45 bits per heavy atom. The minimum absolute atomic E-state index is 0.273. The quantitative estimate of drug-likeness (QED) is 0.884. The predicted molar refractivity (Wildman–Crippen MR) is 82.2 cm³/mol. The number of aromatic nitrogens is 3. The van der Waals surface area contributed by atoms with Crippen LogP contribution in [-0.4, -0.2) is 25.7 Å². The molecule has 0 saturated heterocycles. The van der Waals surface area contributed by atoms with E-state index in [1.165, 1.54) is 17.3 Å². The summed E-state index contributed by atoms with van der Waals surface area (Å²) in [6.45, 7) is 5.34. The van der Waals surface area contributed by atoms with Crippen molar-refractivity contribution in [3.63, 3.8) is 0 Å². The molecule has 2 atom stereocenters. The van der Waals surface area contributed by atoms with Crippen molar-refractivity contribution >= 4 is 21.7 Å². The summed E-state index contributed by atoms with van der Waals surface area (Å²) in [5.74, 6) is 0.189. The summed E-state index contributed by atoms with van der Waals surface area (Å²) in [6.07, 6.45) is 1.52. The van der Waals surface area contributed by atoms with Crippen molar-refractivity contribution in [3.05, 3.63) is 40.9 Å². The SMILES string of the molecule is CC(C)(C)C(=O)[C@@]1(n2cncn2)Oc2ccc(Br)cc2[C@H]1O. The normalized spacial score (nSPS) is 24.0. The Bertz CT molecular complexity index is 724. The minimum atomic E-state index is -1.64. The molecule has 1 N–H and O–H groups in total. The number of hydrogen-bond acceptors (Lipinski definition) is 5. The van der Waals surface area contributed by atoms with Crippen molar-refractivity contribution in [2.24, 2.45) is 5.41 Å². The van der Waals surface area contributed by atoms with E-state index in [1.54, 1.807) is 39.0 Å². The number of aliphatic hydroxyl groups is 1. The first kappa shape index (κ1) is 15.2. The van der Waals surface area contributed by atoms with Crippen molar-refractivity contribution in [3.8, 4) is 5.75 Å². The molecule has 1 aromatic carbocycles. The van der Waals surface area contributed by atoms with Crippen LogP contribution in [0.2, 0.25) is 0 Å². The third-order valence-electron chi connectivity index (χ3n) is 3.67. The fourth-order valence-corrected chi connectivity index (χ4v) is 3.00. The maximum Gasteiger partial charge on any atom is 0.292 e. The standard InChI is InChI=1S/C15H16BrN3O3/c1-14(2,3)13(21)15(19-8-17-7-18-19)12(20)10-6-9(16)4-5-11(10)22-15/h4-8,12,20H,1-3H3/t12-,15+/m1/s1. The van der Waals surface area contributed by atoms with E-state index in [0.29, 0.717) is 11.3 Å². The molecule has 6 nitrogen and oxygen atoms in total. The zero-order valence-corrected chi connectivity index (χ0v) is 14.0. The number of ether oxygens (including phenoxy) is 1. The largest absolute Gasteiger partial charge is 0.455 e. The van der Waals surface area contributed by atoms with Crippen LogP contribution in [0, 0.1) is 5.41 Å². The van der Waals surface area contributed by atoms with E-state index in [1.807, 2.05) is 0 Å². The van der Waals surface area contributed by atoms with Crippen LogP contribution >= 0.6 is 15.9 Å². The minimum Gasteiger partial charge on any atom is -0.455 e. The van der Waals surface area contributed by atoms with Crippen LogP contribution in [0.1, 0.15) is 32.4 Å². The fraction of sp³-hybridized carbons (Fsp3) is 0.400. The number of aliphatic hydroxyl groups excluding tert-OH is 1. The van der Waals surface area contributed by atoms with Crippen LogP contribution in [0.15, 0.2) is 35.3 Å². The molecule has 22 heavy (non-hydrogen) atoms. The molecule has 0 amide bonds. The molecule has 2 aromatic rings. The third kappa shape index (κ3) is 2.07. The molecule has 0 unspecified atom stereocenters. The van der Waals surface area contributed by atoms with Crippen molar-refractivity contribution in [1.29, 1.82) is 0 Å². The van der Waals surface area contributed by atoms with Gasteiger partial charge in [0.05, 0.1) is 0 Å². The van der Waals surface area contributed by atoms with E-state index in [4.69, 9.17) is 4.74 Å². The summed E-state index contributed by atoms with van der Waals surface area (Å²) in [6, 6.07) is 5.26. The second kappa shape index (κ2) is 4.89. The van der Waals surface area contributed by atoms with Gasteiger partial charge in [-0.25, -0.2) is 9.67 Å². The number of halogens is 1. The topological polar surface area (TPSA) is 77.2 Å². The average molecular weight is 366 g/mol. The van der Waals surface area contributed by atoms with Gasteiger partial charge in [-0.3, -0.25) is 4.79 Å². The lowest BCUT2D eigenvalue weighted by molar-refractivity contribution is -0.167. The second-order valence-electron chi connectivity index (χ2n) is 6.30. The molecule has 0 spiro atoms. The number of hydrogen-bond donors (Lipinski definition) is 1. The molecule has 2 heterocycles. The molecular formula is C15H16BrN3O3. The van der Waals surface area contributed by atoms with E-state index in [9.17, 15) is 9.90 Å². The molecule has 1 aromatic heterocycles. The van der Waals surface area contributed by atoms with Gasteiger partial charge in [0.2, 0.25) is 5.78 Å². The highest BCUT2D eigenvalue weighted by Gasteiger charge is 2.59. The molecule has 1 aliphatic rings. The number of fused-ring (bicyclic) bond motifs is 1. The van der Waals surface area contributed by atoms with Gasteiger partial charge >= 0.3 is 0 Å². The zero-order chi connectivity index (χ0) is 16.1. The van der Waals surface area contributed by atoms with Gasteiger partial charge in [-0.2, -0.15) is 5.10 Å². The van der Waals surface area contributed by atoms with Crippen LogP contribution in [0.25, 0.3) is 0 Å². The molecule has 0 saturated carbocycles. The predicted octanol–water partition coefficient (Wildman–Crippen LogP) is 2.43. The van der Waals surface area contributed by atoms with Gasteiger partial charge in [-0.15, -0.1) is 0 Å². The summed E-state index contributed by atoms with van der Waals surface area (Å²) in [4.78, 5) is 17.0. The molecule has 116 valence electrons. The summed E-state index contributed by atoms with van der Waals surface area (Å²) in [5.41, 5.74) is -1.83. The Kier molecular flexibility index (Phi) is 3.37. The van der Waals surface area contributed by atoms with Gasteiger partial charge < -0.3 is 9.84 Å². The van der Waals surface area contributed by atoms with Crippen LogP contribution in [0.3, 0.4) is 0 Å². The number of ketones is 1. The second-order valence-corrected chi connectivity index (χ2v) is 7.22. The average Bonchev–Trinajstić information content (AvgIpc) is 3.05. The smallest absolute Gasteiger partial charge is 0.292 e. The zero-order valence-electron chi connectivity index (χ0n) is 12.4. The number of carbonyl (C=O) groups excluding carboxylic acids is 1. The number of benzene rings is 1. The Balaban J connectivity index is 2.20. The number of nitrogens with zero attached hydrogens (tertiary/aromatic N) is 3. The molecule has 3 rings (SSSR count).